The fraction of sp³-hybridized carbons (Fsp3) is 0.235. The van der Waals surface area contributed by atoms with Crippen LogP contribution in [0.3, 0.4) is 0 Å². The summed E-state index contributed by atoms with van der Waals surface area (Å²) in [5.41, 5.74) is 1.94. The second kappa shape index (κ2) is 5.58. The summed E-state index contributed by atoms with van der Waals surface area (Å²) >= 11 is 0. The van der Waals surface area contributed by atoms with E-state index in [9.17, 15) is 9.90 Å². The summed E-state index contributed by atoms with van der Waals surface area (Å²) in [6.45, 7) is 0.221. The highest BCUT2D eigenvalue weighted by Crippen LogP contribution is 2.36. The molecule has 0 spiro atoms. The average molecular weight is 283 g/mol. The van der Waals surface area contributed by atoms with Gasteiger partial charge in [-0.3, -0.25) is 4.79 Å². The first kappa shape index (κ1) is 13.6. The molecule has 0 bridgehead atoms. The highest BCUT2D eigenvalue weighted by Gasteiger charge is 2.36. The molecule has 0 saturated heterocycles. The minimum absolute atomic E-state index is 0.221. The minimum Gasteiger partial charge on any atom is -0.472 e. The van der Waals surface area contributed by atoms with Crippen molar-refractivity contribution in [2.75, 3.05) is 6.54 Å². The number of carbonyl (C=O) groups excluding carboxylic acids is 1. The van der Waals surface area contributed by atoms with Crippen LogP contribution in [0, 0.1) is 0 Å². The zero-order chi connectivity index (χ0) is 14.7. The molecule has 2 N–H and O–H groups in total. The molecule has 0 aliphatic heterocycles. The third-order valence-electron chi connectivity index (χ3n) is 3.85. The van der Waals surface area contributed by atoms with Gasteiger partial charge in [0.25, 0.3) is 0 Å². The summed E-state index contributed by atoms with van der Waals surface area (Å²) in [7, 11) is 0. The van der Waals surface area contributed by atoms with E-state index in [1.54, 1.807) is 24.7 Å². The molecule has 1 aliphatic rings. The molecule has 1 amide bonds. The molecule has 1 aliphatic carbocycles. The van der Waals surface area contributed by atoms with Crippen LogP contribution in [-0.2, 0) is 16.8 Å². The van der Waals surface area contributed by atoms with Crippen LogP contribution in [-0.4, -0.2) is 17.6 Å². The van der Waals surface area contributed by atoms with Gasteiger partial charge in [0.2, 0.25) is 5.91 Å². The van der Waals surface area contributed by atoms with Crippen molar-refractivity contribution in [3.05, 3.63) is 65.6 Å². The molecule has 108 valence electrons. The second-order valence-electron chi connectivity index (χ2n) is 5.30. The maximum atomic E-state index is 11.8. The van der Waals surface area contributed by atoms with E-state index in [-0.39, 0.29) is 12.5 Å². The Morgan fingerprint density at radius 1 is 1.38 bits per heavy atom. The second-order valence-corrected chi connectivity index (χ2v) is 5.30. The van der Waals surface area contributed by atoms with Gasteiger partial charge in [0.15, 0.2) is 0 Å². The maximum absolute atomic E-state index is 11.8. The van der Waals surface area contributed by atoms with Crippen molar-refractivity contribution < 1.29 is 14.3 Å². The van der Waals surface area contributed by atoms with E-state index in [2.05, 4.69) is 5.32 Å². The topological polar surface area (TPSA) is 62.5 Å². The van der Waals surface area contributed by atoms with E-state index in [0.29, 0.717) is 6.42 Å². The van der Waals surface area contributed by atoms with Gasteiger partial charge < -0.3 is 14.8 Å². The number of hydrogen-bond acceptors (Lipinski definition) is 3. The molecule has 3 rings (SSSR count). The molecule has 21 heavy (non-hydrogen) atoms. The van der Waals surface area contributed by atoms with Gasteiger partial charge in [-0.15, -0.1) is 0 Å². The molecule has 0 unspecified atom stereocenters. The summed E-state index contributed by atoms with van der Waals surface area (Å²) < 4.78 is 4.92. The van der Waals surface area contributed by atoms with Gasteiger partial charge >= 0.3 is 0 Å². The Morgan fingerprint density at radius 2 is 2.24 bits per heavy atom. The first-order chi connectivity index (χ1) is 10.2. The summed E-state index contributed by atoms with van der Waals surface area (Å²) in [5, 5.41) is 13.5. The van der Waals surface area contributed by atoms with E-state index in [1.807, 2.05) is 24.3 Å². The molecule has 4 heteroatoms. The third-order valence-corrected chi connectivity index (χ3v) is 3.85. The van der Waals surface area contributed by atoms with Crippen molar-refractivity contribution in [3.63, 3.8) is 0 Å². The first-order valence-electron chi connectivity index (χ1n) is 6.96. The Labute approximate surface area is 123 Å². The highest BCUT2D eigenvalue weighted by molar-refractivity contribution is 5.91. The standard InChI is InChI=1S/C17H17NO3/c19-16(6-5-13-8-10-21-11-13)18-12-17(20)9-7-14-3-1-2-4-15(14)17/h1-6,8,10-11,20H,7,9,12H2,(H,18,19)/b6-5+/t17-/m1/s1. The summed E-state index contributed by atoms with van der Waals surface area (Å²) in [6, 6.07) is 9.60. The van der Waals surface area contributed by atoms with Crippen molar-refractivity contribution in [2.24, 2.45) is 0 Å². The molecule has 1 heterocycles. The number of benzene rings is 1. The maximum Gasteiger partial charge on any atom is 0.244 e. The molecule has 1 atom stereocenters. The Kier molecular flexibility index (Phi) is 3.62. The van der Waals surface area contributed by atoms with E-state index < -0.39 is 5.60 Å². The van der Waals surface area contributed by atoms with Crippen LogP contribution in [0.4, 0.5) is 0 Å². The van der Waals surface area contributed by atoms with Gasteiger partial charge in [-0.05, 0) is 36.1 Å². The Morgan fingerprint density at radius 3 is 3.05 bits per heavy atom. The van der Waals surface area contributed by atoms with Crippen LogP contribution in [0.5, 0.6) is 0 Å². The molecule has 4 nitrogen and oxygen atoms in total. The summed E-state index contributed by atoms with van der Waals surface area (Å²) in [6.07, 6.45) is 7.70. The number of rotatable bonds is 4. The summed E-state index contributed by atoms with van der Waals surface area (Å²) in [4.78, 5) is 11.8. The Hall–Kier alpha value is -2.33. The number of hydrogen-bond donors (Lipinski definition) is 2. The monoisotopic (exact) mass is 283 g/mol. The van der Waals surface area contributed by atoms with Gasteiger partial charge in [0.1, 0.15) is 5.60 Å². The van der Waals surface area contributed by atoms with E-state index in [0.717, 1.165) is 23.1 Å². The lowest BCUT2D eigenvalue weighted by atomic mass is 9.96. The molecule has 0 radical (unpaired) electrons. The van der Waals surface area contributed by atoms with Crippen molar-refractivity contribution in [3.8, 4) is 0 Å². The molecule has 0 saturated carbocycles. The van der Waals surface area contributed by atoms with Gasteiger partial charge in [-0.1, -0.05) is 24.3 Å². The largest absolute Gasteiger partial charge is 0.472 e. The number of fused-ring (bicyclic) bond motifs is 1. The number of amides is 1. The van der Waals surface area contributed by atoms with E-state index in [1.165, 1.54) is 6.08 Å². The third kappa shape index (κ3) is 2.90. The predicted molar refractivity (Wildman–Crippen MR) is 79.4 cm³/mol. The van der Waals surface area contributed by atoms with Crippen LogP contribution in [0.25, 0.3) is 6.08 Å². The highest BCUT2D eigenvalue weighted by atomic mass is 16.3. The smallest absolute Gasteiger partial charge is 0.244 e. The number of aryl methyl sites for hydroxylation is 1. The van der Waals surface area contributed by atoms with Crippen LogP contribution >= 0.6 is 0 Å². The molecule has 2 aromatic rings. The molecule has 0 fully saturated rings. The number of nitrogens with one attached hydrogen (secondary N) is 1. The predicted octanol–water partition coefficient (Wildman–Crippen LogP) is 2.24. The SMILES string of the molecule is O=C(/C=C/c1ccoc1)NC[C@]1(O)CCc2ccccc21. The average Bonchev–Trinajstić information content (AvgIpc) is 3.13. The van der Waals surface area contributed by atoms with Gasteiger partial charge in [-0.25, -0.2) is 0 Å². The molecule has 1 aromatic heterocycles. The van der Waals surface area contributed by atoms with Crippen molar-refractivity contribution >= 4 is 12.0 Å². The van der Waals surface area contributed by atoms with Crippen LogP contribution in [0.15, 0.2) is 53.4 Å². The fourth-order valence-corrected chi connectivity index (χ4v) is 2.69. The molecular formula is C17H17NO3. The van der Waals surface area contributed by atoms with Crippen molar-refractivity contribution in [2.45, 2.75) is 18.4 Å². The van der Waals surface area contributed by atoms with Crippen molar-refractivity contribution in [1.82, 2.24) is 5.32 Å². The zero-order valence-corrected chi connectivity index (χ0v) is 11.6. The normalized spacial score (nSPS) is 20.6. The van der Waals surface area contributed by atoms with Gasteiger partial charge in [0, 0.05) is 11.6 Å². The van der Waals surface area contributed by atoms with Gasteiger partial charge in [-0.2, -0.15) is 0 Å². The lowest BCUT2D eigenvalue weighted by Gasteiger charge is -2.24. The number of aliphatic hydroxyl groups is 1. The Balaban J connectivity index is 1.62. The fourth-order valence-electron chi connectivity index (χ4n) is 2.69. The summed E-state index contributed by atoms with van der Waals surface area (Å²) in [5.74, 6) is -0.228. The lowest BCUT2D eigenvalue weighted by Crippen LogP contribution is -2.38. The number of furan rings is 1. The van der Waals surface area contributed by atoms with Crippen LogP contribution in [0.1, 0.15) is 23.1 Å². The molecular weight excluding hydrogens is 266 g/mol. The van der Waals surface area contributed by atoms with Crippen LogP contribution in [0.2, 0.25) is 0 Å². The molecule has 1 aromatic carbocycles. The number of carbonyl (C=O) groups is 1. The first-order valence-corrected chi connectivity index (χ1v) is 6.96. The van der Waals surface area contributed by atoms with Crippen molar-refractivity contribution in [1.29, 1.82) is 0 Å². The van der Waals surface area contributed by atoms with Crippen LogP contribution < -0.4 is 5.32 Å². The van der Waals surface area contributed by atoms with E-state index in [4.69, 9.17) is 4.42 Å². The quantitative estimate of drug-likeness (QED) is 0.846. The lowest BCUT2D eigenvalue weighted by molar-refractivity contribution is -0.117. The zero-order valence-electron chi connectivity index (χ0n) is 11.6. The van der Waals surface area contributed by atoms with E-state index >= 15 is 0 Å². The Bertz CT molecular complexity index is 660. The van der Waals surface area contributed by atoms with Gasteiger partial charge in [0.05, 0.1) is 19.1 Å². The minimum atomic E-state index is -0.963.